The third kappa shape index (κ3) is 2.43. The van der Waals surface area contributed by atoms with E-state index in [-0.39, 0.29) is 5.41 Å². The summed E-state index contributed by atoms with van der Waals surface area (Å²) in [5.41, 5.74) is 6.11. The molecular weight excluding hydrogens is 290 g/mol. The van der Waals surface area contributed by atoms with Crippen molar-refractivity contribution in [3.8, 4) is 11.3 Å². The molecule has 0 amide bonds. The lowest BCUT2D eigenvalue weighted by Gasteiger charge is -2.29. The highest BCUT2D eigenvalue weighted by Crippen LogP contribution is 2.40. The van der Waals surface area contributed by atoms with E-state index in [1.807, 2.05) is 0 Å². The number of hydrogen-bond donors (Lipinski definition) is 1. The monoisotopic (exact) mass is 311 g/mol. The minimum absolute atomic E-state index is 0.0523. The number of nitrogens with one attached hydrogen (secondary N) is 1. The molecule has 1 aliphatic carbocycles. The molecule has 0 spiro atoms. The van der Waals surface area contributed by atoms with E-state index >= 15 is 0 Å². The van der Waals surface area contributed by atoms with Crippen molar-refractivity contribution in [3.63, 3.8) is 0 Å². The molecule has 0 aliphatic heterocycles. The summed E-state index contributed by atoms with van der Waals surface area (Å²) < 4.78 is 0. The second-order valence-electron chi connectivity index (χ2n) is 6.73. The van der Waals surface area contributed by atoms with Crippen LogP contribution in [0.15, 0.2) is 91.1 Å². The van der Waals surface area contributed by atoms with Crippen LogP contribution in [-0.2, 0) is 6.42 Å². The van der Waals surface area contributed by atoms with Gasteiger partial charge in [-0.25, -0.2) is 0 Å². The molecule has 0 radical (unpaired) electrons. The number of H-pyrrole nitrogens is 1. The van der Waals surface area contributed by atoms with Crippen LogP contribution in [0, 0.1) is 5.41 Å². The van der Waals surface area contributed by atoms with Crippen LogP contribution in [-0.4, -0.2) is 4.98 Å². The van der Waals surface area contributed by atoms with Crippen molar-refractivity contribution in [1.82, 2.24) is 4.98 Å². The minimum atomic E-state index is -0.0523. The van der Waals surface area contributed by atoms with Gasteiger partial charge in [0.05, 0.1) is 0 Å². The first-order valence-corrected chi connectivity index (χ1v) is 8.38. The van der Waals surface area contributed by atoms with Gasteiger partial charge in [-0.05, 0) is 29.2 Å². The van der Waals surface area contributed by atoms with E-state index in [1.54, 1.807) is 0 Å². The zero-order valence-electron chi connectivity index (χ0n) is 13.9. The number of para-hydroxylation sites is 1. The van der Waals surface area contributed by atoms with Gasteiger partial charge in [-0.2, -0.15) is 0 Å². The molecule has 4 rings (SSSR count). The summed E-state index contributed by atoms with van der Waals surface area (Å²) in [5.74, 6) is 0. The zero-order valence-corrected chi connectivity index (χ0v) is 13.9. The van der Waals surface area contributed by atoms with Gasteiger partial charge in [-0.15, -0.1) is 0 Å². The van der Waals surface area contributed by atoms with E-state index in [9.17, 15) is 0 Å². The van der Waals surface area contributed by atoms with E-state index in [4.69, 9.17) is 0 Å². The smallest absolute Gasteiger partial charge is 0.0497 e. The third-order valence-corrected chi connectivity index (χ3v) is 5.03. The van der Waals surface area contributed by atoms with Gasteiger partial charge in [-0.1, -0.05) is 86.3 Å². The maximum atomic E-state index is 4.28. The summed E-state index contributed by atoms with van der Waals surface area (Å²) in [6.07, 6.45) is 9.52. The maximum absolute atomic E-state index is 4.28. The fourth-order valence-electron chi connectivity index (χ4n) is 3.51. The molecule has 1 heterocycles. The van der Waals surface area contributed by atoms with Gasteiger partial charge in [0.1, 0.15) is 0 Å². The minimum Gasteiger partial charge on any atom is -0.354 e. The highest BCUT2D eigenvalue weighted by atomic mass is 14.7. The van der Waals surface area contributed by atoms with Gasteiger partial charge in [0.15, 0.2) is 0 Å². The van der Waals surface area contributed by atoms with E-state index in [2.05, 4.69) is 97.4 Å². The molecular formula is C23H21N. The Morgan fingerprint density at radius 1 is 0.958 bits per heavy atom. The van der Waals surface area contributed by atoms with Crippen LogP contribution in [0.25, 0.3) is 22.2 Å². The number of allylic oxidation sites excluding steroid dienone is 5. The lowest BCUT2D eigenvalue weighted by Crippen LogP contribution is -2.20. The highest BCUT2D eigenvalue weighted by Gasteiger charge is 2.28. The molecule has 24 heavy (non-hydrogen) atoms. The van der Waals surface area contributed by atoms with Crippen molar-refractivity contribution in [1.29, 1.82) is 0 Å². The fourth-order valence-corrected chi connectivity index (χ4v) is 3.51. The number of hydrogen-bond acceptors (Lipinski definition) is 0. The van der Waals surface area contributed by atoms with Crippen LogP contribution >= 0.6 is 0 Å². The number of benzene rings is 2. The van der Waals surface area contributed by atoms with Crippen LogP contribution in [0.3, 0.4) is 0 Å². The van der Waals surface area contributed by atoms with Gasteiger partial charge in [0, 0.05) is 22.0 Å². The first-order valence-electron chi connectivity index (χ1n) is 8.38. The van der Waals surface area contributed by atoms with Gasteiger partial charge in [0.2, 0.25) is 0 Å². The van der Waals surface area contributed by atoms with Crippen molar-refractivity contribution in [3.05, 3.63) is 96.6 Å². The van der Waals surface area contributed by atoms with Crippen LogP contribution in [0.2, 0.25) is 0 Å². The Hall–Kier alpha value is -2.80. The average Bonchev–Trinajstić information content (AvgIpc) is 2.97. The number of aromatic nitrogens is 1. The van der Waals surface area contributed by atoms with Crippen molar-refractivity contribution in [2.45, 2.75) is 13.3 Å². The summed E-state index contributed by atoms with van der Waals surface area (Å²) in [6.45, 7) is 6.55. The van der Waals surface area contributed by atoms with E-state index in [1.165, 1.54) is 27.7 Å². The molecule has 1 N–H and O–H groups in total. The second kappa shape index (κ2) is 5.68. The molecule has 1 atom stereocenters. The number of aromatic amines is 1. The van der Waals surface area contributed by atoms with Crippen LogP contribution < -0.4 is 0 Å². The maximum Gasteiger partial charge on any atom is 0.0497 e. The summed E-state index contributed by atoms with van der Waals surface area (Å²) in [6, 6.07) is 19.1. The van der Waals surface area contributed by atoms with Crippen molar-refractivity contribution in [2.75, 3.05) is 0 Å². The molecule has 1 unspecified atom stereocenters. The summed E-state index contributed by atoms with van der Waals surface area (Å²) in [4.78, 5) is 3.63. The van der Waals surface area contributed by atoms with Gasteiger partial charge in [0.25, 0.3) is 0 Å². The molecule has 1 nitrogen and oxygen atoms in total. The topological polar surface area (TPSA) is 15.8 Å². The lowest BCUT2D eigenvalue weighted by atomic mass is 9.74. The summed E-state index contributed by atoms with van der Waals surface area (Å²) in [5, 5.41) is 1.30. The largest absolute Gasteiger partial charge is 0.354 e. The van der Waals surface area contributed by atoms with Crippen molar-refractivity contribution in [2.24, 2.45) is 5.41 Å². The predicted molar refractivity (Wildman–Crippen MR) is 103 cm³/mol. The summed E-state index contributed by atoms with van der Waals surface area (Å²) in [7, 11) is 0. The Balaban J connectivity index is 1.89. The molecule has 0 saturated carbocycles. The van der Waals surface area contributed by atoms with Crippen LogP contribution in [0.5, 0.6) is 0 Å². The van der Waals surface area contributed by atoms with Gasteiger partial charge < -0.3 is 4.98 Å². The lowest BCUT2D eigenvalue weighted by molar-refractivity contribution is 0.524. The first-order chi connectivity index (χ1) is 11.7. The van der Waals surface area contributed by atoms with Crippen LogP contribution in [0.4, 0.5) is 0 Å². The molecule has 0 bridgehead atoms. The number of rotatable bonds is 3. The Morgan fingerprint density at radius 2 is 1.71 bits per heavy atom. The Kier molecular flexibility index (Phi) is 3.50. The first kappa shape index (κ1) is 14.8. The Labute approximate surface area is 143 Å². The molecule has 3 aromatic rings. The Bertz CT molecular complexity index is 956. The molecule has 118 valence electrons. The second-order valence-corrected chi connectivity index (χ2v) is 6.73. The quantitative estimate of drug-likeness (QED) is 0.604. The summed E-state index contributed by atoms with van der Waals surface area (Å²) >= 11 is 0. The third-order valence-electron chi connectivity index (χ3n) is 5.03. The molecule has 1 aliphatic rings. The number of fused-ring (bicyclic) bond motifs is 1. The fraction of sp³-hybridized carbons (Fsp3) is 0.130. The van der Waals surface area contributed by atoms with E-state index < -0.39 is 0 Å². The van der Waals surface area contributed by atoms with E-state index in [0.29, 0.717) is 0 Å². The van der Waals surface area contributed by atoms with Gasteiger partial charge >= 0.3 is 0 Å². The van der Waals surface area contributed by atoms with Crippen molar-refractivity contribution >= 4 is 10.9 Å². The SMILES string of the molecule is C=C1C=CC=CC1(C)Cc1c(-c2ccccc2)[nH]c2ccccc12. The molecule has 0 fully saturated rings. The molecule has 2 aromatic carbocycles. The normalized spacial score (nSPS) is 20.0. The zero-order chi connectivity index (χ0) is 16.6. The highest BCUT2D eigenvalue weighted by molar-refractivity contribution is 5.91. The van der Waals surface area contributed by atoms with Crippen molar-refractivity contribution < 1.29 is 0 Å². The standard InChI is InChI=1S/C23H21N/c1-17-10-8-9-15-23(17,2)16-20-19-13-6-7-14-21(19)24-22(20)18-11-4-3-5-12-18/h3-15,24H,1,16H2,2H3. The van der Waals surface area contributed by atoms with Crippen LogP contribution in [0.1, 0.15) is 12.5 Å². The van der Waals surface area contributed by atoms with E-state index in [0.717, 1.165) is 12.0 Å². The molecule has 0 saturated heterocycles. The molecule has 1 aromatic heterocycles. The predicted octanol–water partition coefficient (Wildman–Crippen LogP) is 6.07. The molecule has 1 heteroatoms. The Morgan fingerprint density at radius 3 is 2.50 bits per heavy atom. The van der Waals surface area contributed by atoms with Gasteiger partial charge in [-0.3, -0.25) is 0 Å². The average molecular weight is 311 g/mol.